The van der Waals surface area contributed by atoms with Gasteiger partial charge in [-0.2, -0.15) is 5.10 Å². The van der Waals surface area contributed by atoms with Crippen molar-refractivity contribution in [3.8, 4) is 34.2 Å². The highest BCUT2D eigenvalue weighted by atomic mass is 16.7. The Bertz CT molecular complexity index is 2020. The summed E-state index contributed by atoms with van der Waals surface area (Å²) in [5.41, 5.74) is 6.91. The van der Waals surface area contributed by atoms with Gasteiger partial charge in [-0.1, -0.05) is 54.6 Å². The fourth-order valence-electron chi connectivity index (χ4n) is 6.17. The fourth-order valence-corrected chi connectivity index (χ4v) is 6.17. The van der Waals surface area contributed by atoms with Crippen molar-refractivity contribution in [1.29, 1.82) is 0 Å². The second-order valence-corrected chi connectivity index (χ2v) is 10.5. The van der Waals surface area contributed by atoms with Crippen LogP contribution in [0.15, 0.2) is 103 Å². The van der Waals surface area contributed by atoms with Crippen LogP contribution in [0.3, 0.4) is 0 Å². The summed E-state index contributed by atoms with van der Waals surface area (Å²) in [6.45, 7) is 2.14. The molecule has 0 fully saturated rings. The van der Waals surface area contributed by atoms with E-state index in [0.717, 1.165) is 39.1 Å². The molecule has 2 aliphatic heterocycles. The molecule has 8 rings (SSSR count). The minimum absolute atomic E-state index is 0.136. The molecule has 4 heterocycles. The number of aromatic nitrogens is 3. The smallest absolute Gasteiger partial charge is 0.261 e. The number of fused-ring (bicyclic) bond motifs is 4. The van der Waals surface area contributed by atoms with E-state index in [1.807, 2.05) is 120 Å². The number of rotatable bonds is 5. The molecule has 8 nitrogen and oxygen atoms in total. The van der Waals surface area contributed by atoms with Crippen LogP contribution in [0.5, 0.6) is 17.2 Å². The number of aryl methyl sites for hydroxylation is 1. The number of carbonyl (C=O) groups excluding carboxylic acids is 1. The minimum atomic E-state index is -0.481. The van der Waals surface area contributed by atoms with Crippen LogP contribution in [-0.2, 0) is 0 Å². The number of anilines is 1. The zero-order valence-electron chi connectivity index (χ0n) is 23.5. The molecule has 0 N–H and O–H groups in total. The maximum absolute atomic E-state index is 14.8. The topological polar surface area (TPSA) is 78.7 Å². The first-order valence-electron chi connectivity index (χ1n) is 14.0. The van der Waals surface area contributed by atoms with Gasteiger partial charge in [-0.05, 0) is 61.0 Å². The van der Waals surface area contributed by atoms with E-state index in [2.05, 4.69) is 0 Å². The van der Waals surface area contributed by atoms with Gasteiger partial charge in [0.1, 0.15) is 5.75 Å². The monoisotopic (exact) mass is 566 g/mol. The van der Waals surface area contributed by atoms with Gasteiger partial charge in [0.25, 0.3) is 5.91 Å². The number of hydrogen-bond donors (Lipinski definition) is 0. The van der Waals surface area contributed by atoms with Gasteiger partial charge >= 0.3 is 0 Å². The minimum Gasteiger partial charge on any atom is -0.497 e. The lowest BCUT2D eigenvalue weighted by molar-refractivity contribution is 0.0994. The summed E-state index contributed by atoms with van der Waals surface area (Å²) in [5, 5.41) is 5.82. The van der Waals surface area contributed by atoms with Gasteiger partial charge < -0.3 is 14.2 Å². The molecule has 4 aromatic carbocycles. The molecule has 8 heteroatoms. The number of para-hydroxylation sites is 1. The molecule has 2 aliphatic rings. The Labute approximate surface area is 247 Å². The summed E-state index contributed by atoms with van der Waals surface area (Å²) < 4.78 is 18.7. The largest absolute Gasteiger partial charge is 0.497 e. The van der Waals surface area contributed by atoms with E-state index in [1.165, 1.54) is 0 Å². The standard InChI is InChI=1S/C35H26N4O4/c1-21-29-30-31(32(22-9-5-3-6-10-22)36-34(29)39(37-21)25-11-7-4-8-12-25)35(40)38(24-14-16-26(41-2)17-15-24)33(30)23-13-18-27-28(19-23)43-20-42-27/h3-19,33H,20H2,1-2H3. The number of benzene rings is 4. The molecule has 210 valence electrons. The third-order valence-corrected chi connectivity index (χ3v) is 8.10. The van der Waals surface area contributed by atoms with Gasteiger partial charge in [-0.25, -0.2) is 9.67 Å². The maximum atomic E-state index is 14.8. The Morgan fingerprint density at radius 2 is 1.56 bits per heavy atom. The number of amides is 1. The normalized spacial score (nSPS) is 15.3. The van der Waals surface area contributed by atoms with E-state index < -0.39 is 6.04 Å². The summed E-state index contributed by atoms with van der Waals surface area (Å²) in [5.74, 6) is 1.91. The summed E-state index contributed by atoms with van der Waals surface area (Å²) in [6, 6.07) is 32.8. The predicted octanol–water partition coefficient (Wildman–Crippen LogP) is 6.88. The molecule has 0 aliphatic carbocycles. The van der Waals surface area contributed by atoms with Gasteiger partial charge in [-0.15, -0.1) is 0 Å². The fraction of sp³-hybridized carbons (Fsp3) is 0.114. The second-order valence-electron chi connectivity index (χ2n) is 10.5. The molecule has 1 amide bonds. The summed E-state index contributed by atoms with van der Waals surface area (Å²) in [4.78, 5) is 21.8. The molecule has 1 unspecified atom stereocenters. The highest BCUT2D eigenvalue weighted by Crippen LogP contribution is 2.49. The van der Waals surface area contributed by atoms with Gasteiger partial charge in [-0.3, -0.25) is 9.69 Å². The number of methoxy groups -OCH3 is 1. The summed E-state index contributed by atoms with van der Waals surface area (Å²) in [6.07, 6.45) is 0. The lowest BCUT2D eigenvalue weighted by Crippen LogP contribution is -2.28. The third-order valence-electron chi connectivity index (χ3n) is 8.10. The van der Waals surface area contributed by atoms with E-state index in [1.54, 1.807) is 7.11 Å². The SMILES string of the molecule is COc1ccc(N2C(=O)c3c(-c4ccccc4)nc4c(c(C)nn4-c4ccccc4)c3C2c2ccc3c(c2)OCO3)cc1. The Balaban J connectivity index is 1.47. The van der Waals surface area contributed by atoms with Crippen LogP contribution in [0.4, 0.5) is 5.69 Å². The molecule has 43 heavy (non-hydrogen) atoms. The number of nitrogens with zero attached hydrogens (tertiary/aromatic N) is 4. The Kier molecular flexibility index (Phi) is 5.68. The van der Waals surface area contributed by atoms with Crippen molar-refractivity contribution in [2.24, 2.45) is 0 Å². The highest BCUT2D eigenvalue weighted by Gasteiger charge is 2.44. The van der Waals surface area contributed by atoms with Crippen molar-refractivity contribution in [3.05, 3.63) is 126 Å². The summed E-state index contributed by atoms with van der Waals surface area (Å²) in [7, 11) is 1.63. The van der Waals surface area contributed by atoms with E-state index in [-0.39, 0.29) is 12.7 Å². The van der Waals surface area contributed by atoms with Crippen molar-refractivity contribution in [1.82, 2.24) is 14.8 Å². The van der Waals surface area contributed by atoms with E-state index >= 15 is 0 Å². The van der Waals surface area contributed by atoms with Gasteiger partial charge in [0, 0.05) is 22.2 Å². The lowest BCUT2D eigenvalue weighted by Gasteiger charge is -2.26. The van der Waals surface area contributed by atoms with Crippen LogP contribution in [-0.4, -0.2) is 34.6 Å². The Morgan fingerprint density at radius 1 is 0.837 bits per heavy atom. The van der Waals surface area contributed by atoms with Crippen molar-refractivity contribution >= 4 is 22.6 Å². The first-order valence-corrected chi connectivity index (χ1v) is 14.0. The molecular formula is C35H26N4O4. The van der Waals surface area contributed by atoms with Crippen LogP contribution in [0, 0.1) is 6.92 Å². The maximum Gasteiger partial charge on any atom is 0.261 e. The van der Waals surface area contributed by atoms with Gasteiger partial charge in [0.15, 0.2) is 17.1 Å². The number of carbonyl (C=O) groups is 1. The van der Waals surface area contributed by atoms with Crippen molar-refractivity contribution in [2.45, 2.75) is 13.0 Å². The Hall–Kier alpha value is -5.63. The van der Waals surface area contributed by atoms with Crippen LogP contribution in [0.1, 0.15) is 33.2 Å². The molecule has 0 spiro atoms. The Morgan fingerprint density at radius 3 is 2.30 bits per heavy atom. The molecule has 2 aromatic heterocycles. The average molecular weight is 567 g/mol. The molecule has 0 saturated heterocycles. The summed E-state index contributed by atoms with van der Waals surface area (Å²) >= 11 is 0. The first-order chi connectivity index (χ1) is 21.1. The lowest BCUT2D eigenvalue weighted by atomic mass is 9.92. The van der Waals surface area contributed by atoms with Crippen molar-refractivity contribution < 1.29 is 19.0 Å². The quantitative estimate of drug-likeness (QED) is 0.226. The van der Waals surface area contributed by atoms with Crippen LogP contribution in [0.25, 0.3) is 28.0 Å². The third kappa shape index (κ3) is 3.87. The van der Waals surface area contributed by atoms with Crippen LogP contribution >= 0.6 is 0 Å². The van der Waals surface area contributed by atoms with Crippen molar-refractivity contribution in [2.75, 3.05) is 18.8 Å². The van der Waals surface area contributed by atoms with Crippen molar-refractivity contribution in [3.63, 3.8) is 0 Å². The van der Waals surface area contributed by atoms with Crippen LogP contribution in [0.2, 0.25) is 0 Å². The highest BCUT2D eigenvalue weighted by molar-refractivity contribution is 6.18. The molecule has 1 atom stereocenters. The van der Waals surface area contributed by atoms with E-state index in [0.29, 0.717) is 34.2 Å². The van der Waals surface area contributed by atoms with Crippen LogP contribution < -0.4 is 19.1 Å². The molecule has 6 aromatic rings. The van der Waals surface area contributed by atoms with Gasteiger partial charge in [0.05, 0.1) is 35.8 Å². The molecular weight excluding hydrogens is 540 g/mol. The number of ether oxygens (including phenoxy) is 3. The number of hydrogen-bond acceptors (Lipinski definition) is 6. The second kappa shape index (κ2) is 9.73. The van der Waals surface area contributed by atoms with E-state index in [4.69, 9.17) is 24.3 Å². The molecule has 0 saturated carbocycles. The average Bonchev–Trinajstić information content (AvgIpc) is 3.75. The predicted molar refractivity (Wildman–Crippen MR) is 163 cm³/mol. The molecule has 0 radical (unpaired) electrons. The number of pyridine rings is 1. The zero-order valence-corrected chi connectivity index (χ0v) is 23.5. The molecule has 0 bridgehead atoms. The van der Waals surface area contributed by atoms with E-state index in [9.17, 15) is 4.79 Å². The first kappa shape index (κ1) is 25.1. The zero-order chi connectivity index (χ0) is 29.1. The van der Waals surface area contributed by atoms with Gasteiger partial charge in [0.2, 0.25) is 6.79 Å².